The van der Waals surface area contributed by atoms with E-state index in [1.54, 1.807) is 26.3 Å². The Morgan fingerprint density at radius 3 is 2.36 bits per heavy atom. The number of rotatable bonds is 9. The summed E-state index contributed by atoms with van der Waals surface area (Å²) in [5.74, 6) is 0.901. The molecule has 6 nitrogen and oxygen atoms in total. The summed E-state index contributed by atoms with van der Waals surface area (Å²) in [7, 11) is 3.64. The molecule has 36 heavy (non-hydrogen) atoms. The van der Waals surface area contributed by atoms with Gasteiger partial charge in [-0.2, -0.15) is 0 Å². The van der Waals surface area contributed by atoms with E-state index in [1.807, 2.05) is 24.4 Å². The van der Waals surface area contributed by atoms with E-state index >= 15 is 0 Å². The van der Waals surface area contributed by atoms with Gasteiger partial charge in [-0.25, -0.2) is 4.98 Å². The van der Waals surface area contributed by atoms with E-state index in [-0.39, 0.29) is 5.41 Å². The third kappa shape index (κ3) is 4.90. The average molecular weight is 490 g/mol. The number of hydrogen-bond donors (Lipinski definition) is 2. The summed E-state index contributed by atoms with van der Waals surface area (Å²) < 4.78 is 5.22. The molecule has 3 heterocycles. The van der Waals surface area contributed by atoms with Crippen molar-refractivity contribution in [3.05, 3.63) is 88.9 Å². The molecule has 6 heteroatoms. The fraction of sp³-hybridized carbons (Fsp3) is 0.467. The maximum Gasteiger partial charge on any atom is 0.213 e. The van der Waals surface area contributed by atoms with Crippen LogP contribution in [0.25, 0.3) is 0 Å². The molecule has 2 unspecified atom stereocenters. The third-order valence-corrected chi connectivity index (χ3v) is 7.70. The minimum Gasteiger partial charge on any atom is -0.481 e. The Balaban J connectivity index is 1.64. The molecule has 192 valence electrons. The van der Waals surface area contributed by atoms with Crippen LogP contribution in [0, 0.1) is 5.41 Å². The molecule has 0 saturated carbocycles. The van der Waals surface area contributed by atoms with Gasteiger partial charge in [-0.15, -0.1) is 0 Å². The highest BCUT2D eigenvalue weighted by molar-refractivity contribution is 5.42. The number of methoxy groups -OCH3 is 1. The number of ether oxygens (including phenoxy) is 1. The summed E-state index contributed by atoms with van der Waals surface area (Å²) in [4.78, 5) is 11.2. The molecule has 4 rings (SSSR count). The first-order chi connectivity index (χ1) is 17.0. The van der Waals surface area contributed by atoms with E-state index < -0.39 is 11.2 Å². The molecule has 0 spiro atoms. The zero-order valence-corrected chi connectivity index (χ0v) is 22.3. The standard InChI is InChI=1S/C30H39N3O3/c1-21(2)23-10-12-24(13-11-23)30(35,28(3)19-33(5)20-28)25-16-22(17-31-18-25)14-15-29(4,34)26-8-7-9-27(32-26)36-6/h7-13,16-18,21,34-35H,14-15,19-20H2,1-6H3. The predicted molar refractivity (Wildman–Crippen MR) is 142 cm³/mol. The Kier molecular flexibility index (Phi) is 7.24. The molecule has 1 saturated heterocycles. The first-order valence-corrected chi connectivity index (χ1v) is 12.7. The molecule has 3 aromatic rings. The van der Waals surface area contributed by atoms with Gasteiger partial charge in [0, 0.05) is 42.5 Å². The Morgan fingerprint density at radius 1 is 1.06 bits per heavy atom. The van der Waals surface area contributed by atoms with E-state index in [9.17, 15) is 10.2 Å². The molecule has 1 aromatic carbocycles. The van der Waals surface area contributed by atoms with Crippen LogP contribution < -0.4 is 4.74 Å². The Hall–Kier alpha value is -2.80. The first-order valence-electron chi connectivity index (χ1n) is 12.7. The van der Waals surface area contributed by atoms with Crippen LogP contribution in [0.4, 0.5) is 0 Å². The van der Waals surface area contributed by atoms with Gasteiger partial charge in [-0.05, 0) is 61.6 Å². The maximum atomic E-state index is 12.4. The zero-order valence-electron chi connectivity index (χ0n) is 22.3. The molecule has 2 atom stereocenters. The van der Waals surface area contributed by atoms with Crippen molar-refractivity contribution in [3.8, 4) is 5.88 Å². The van der Waals surface area contributed by atoms with E-state index in [0.29, 0.717) is 30.3 Å². The number of likely N-dealkylation sites (tertiary alicyclic amines) is 1. The zero-order chi connectivity index (χ0) is 26.1. The van der Waals surface area contributed by atoms with E-state index in [0.717, 1.165) is 29.8 Å². The van der Waals surface area contributed by atoms with E-state index in [2.05, 4.69) is 67.0 Å². The van der Waals surface area contributed by atoms with Crippen LogP contribution in [0.1, 0.15) is 68.0 Å². The van der Waals surface area contributed by atoms with Gasteiger partial charge < -0.3 is 19.8 Å². The summed E-state index contributed by atoms with van der Waals surface area (Å²) in [6, 6.07) is 15.8. The molecular weight excluding hydrogens is 450 g/mol. The van der Waals surface area contributed by atoms with Crippen molar-refractivity contribution >= 4 is 0 Å². The van der Waals surface area contributed by atoms with Crippen LogP contribution in [0.2, 0.25) is 0 Å². The van der Waals surface area contributed by atoms with E-state index in [4.69, 9.17) is 4.74 Å². The number of aryl methyl sites for hydroxylation is 1. The number of nitrogens with zero attached hydrogens (tertiary/aromatic N) is 3. The van der Waals surface area contributed by atoms with Crippen LogP contribution in [0.5, 0.6) is 5.88 Å². The number of pyridine rings is 2. The number of aliphatic hydroxyl groups is 2. The number of hydrogen-bond acceptors (Lipinski definition) is 6. The van der Waals surface area contributed by atoms with Crippen molar-refractivity contribution in [3.63, 3.8) is 0 Å². The summed E-state index contributed by atoms with van der Waals surface area (Å²) in [5.41, 5.74) is 1.78. The molecule has 2 aromatic heterocycles. The first kappa shape index (κ1) is 26.3. The van der Waals surface area contributed by atoms with Gasteiger partial charge in [-0.1, -0.05) is 51.1 Å². The second kappa shape index (κ2) is 9.92. The highest BCUT2D eigenvalue weighted by Crippen LogP contribution is 2.50. The summed E-state index contributed by atoms with van der Waals surface area (Å²) in [6.45, 7) is 9.84. The Labute approximate surface area is 215 Å². The lowest BCUT2D eigenvalue weighted by Gasteiger charge is -2.56. The molecule has 0 bridgehead atoms. The van der Waals surface area contributed by atoms with Crippen molar-refractivity contribution in [2.75, 3.05) is 27.2 Å². The summed E-state index contributed by atoms with van der Waals surface area (Å²) in [5, 5.41) is 23.6. The Morgan fingerprint density at radius 2 is 1.75 bits per heavy atom. The molecule has 0 radical (unpaired) electrons. The van der Waals surface area contributed by atoms with Crippen LogP contribution in [0.15, 0.2) is 60.9 Å². The smallest absolute Gasteiger partial charge is 0.213 e. The number of aromatic nitrogens is 2. The van der Waals surface area contributed by atoms with Gasteiger partial charge in [0.2, 0.25) is 5.88 Å². The SMILES string of the molecule is COc1cccc(C(C)(O)CCc2cncc(C(O)(c3ccc(C(C)C)cc3)C3(C)CN(C)C3)c2)n1. The molecule has 0 aliphatic carbocycles. The van der Waals surface area contributed by atoms with Gasteiger partial charge in [0.25, 0.3) is 0 Å². The Bertz CT molecular complexity index is 1190. The van der Waals surface area contributed by atoms with Crippen LogP contribution in [-0.2, 0) is 17.6 Å². The monoisotopic (exact) mass is 489 g/mol. The van der Waals surface area contributed by atoms with E-state index in [1.165, 1.54) is 5.56 Å². The molecular formula is C30H39N3O3. The topological polar surface area (TPSA) is 78.7 Å². The fourth-order valence-corrected chi connectivity index (χ4v) is 5.51. The van der Waals surface area contributed by atoms with Gasteiger partial charge in [0.15, 0.2) is 0 Å². The maximum absolute atomic E-state index is 12.4. The van der Waals surface area contributed by atoms with Crippen molar-refractivity contribution in [2.45, 2.75) is 57.7 Å². The third-order valence-electron chi connectivity index (χ3n) is 7.70. The minimum atomic E-state index is -1.19. The lowest BCUT2D eigenvalue weighted by atomic mass is 9.62. The van der Waals surface area contributed by atoms with Gasteiger partial charge in [0.05, 0.1) is 12.8 Å². The van der Waals surface area contributed by atoms with Crippen molar-refractivity contribution in [1.82, 2.24) is 14.9 Å². The van der Waals surface area contributed by atoms with Gasteiger partial charge >= 0.3 is 0 Å². The van der Waals surface area contributed by atoms with Crippen molar-refractivity contribution < 1.29 is 14.9 Å². The molecule has 1 fully saturated rings. The normalized spacial score (nSPS) is 18.8. The van der Waals surface area contributed by atoms with Gasteiger partial charge in [0.1, 0.15) is 11.2 Å². The van der Waals surface area contributed by atoms with Gasteiger partial charge in [-0.3, -0.25) is 4.98 Å². The average Bonchev–Trinajstić information content (AvgIpc) is 2.86. The fourth-order valence-electron chi connectivity index (χ4n) is 5.51. The lowest BCUT2D eigenvalue weighted by Crippen LogP contribution is -2.63. The second-order valence-corrected chi connectivity index (χ2v) is 11.1. The van der Waals surface area contributed by atoms with Crippen molar-refractivity contribution in [2.24, 2.45) is 5.41 Å². The molecule has 1 aliphatic rings. The molecule has 1 aliphatic heterocycles. The summed E-state index contributed by atoms with van der Waals surface area (Å²) >= 11 is 0. The van der Waals surface area contributed by atoms with Crippen molar-refractivity contribution in [1.29, 1.82) is 0 Å². The predicted octanol–water partition coefficient (Wildman–Crippen LogP) is 4.64. The molecule has 0 amide bonds. The quantitative estimate of drug-likeness (QED) is 0.456. The van der Waals surface area contributed by atoms with Crippen LogP contribution >= 0.6 is 0 Å². The molecule has 2 N–H and O–H groups in total. The summed E-state index contributed by atoms with van der Waals surface area (Å²) in [6.07, 6.45) is 4.65. The second-order valence-electron chi connectivity index (χ2n) is 11.1. The lowest BCUT2D eigenvalue weighted by molar-refractivity contribution is -0.127. The van der Waals surface area contributed by atoms with Crippen LogP contribution in [-0.4, -0.2) is 52.3 Å². The largest absolute Gasteiger partial charge is 0.481 e. The minimum absolute atomic E-state index is 0.350. The number of benzene rings is 1. The van der Waals surface area contributed by atoms with Crippen LogP contribution in [0.3, 0.4) is 0 Å². The highest BCUT2D eigenvalue weighted by Gasteiger charge is 2.55. The highest BCUT2D eigenvalue weighted by atomic mass is 16.5.